The summed E-state index contributed by atoms with van der Waals surface area (Å²) < 4.78 is 93.2. The third-order valence-corrected chi connectivity index (χ3v) is 5.56. The molecule has 0 saturated heterocycles. The van der Waals surface area contributed by atoms with Crippen LogP contribution >= 0.6 is 11.6 Å². The van der Waals surface area contributed by atoms with Crippen molar-refractivity contribution >= 4 is 23.3 Å². The van der Waals surface area contributed by atoms with Crippen LogP contribution in [0.25, 0.3) is 0 Å². The number of carbonyl (C=O) groups is 1. The van der Waals surface area contributed by atoms with Crippen molar-refractivity contribution in [2.24, 2.45) is 10.3 Å². The van der Waals surface area contributed by atoms with E-state index in [9.17, 15) is 40.6 Å². The van der Waals surface area contributed by atoms with Crippen LogP contribution in [-0.4, -0.2) is 30.0 Å². The second kappa shape index (κ2) is 8.15. The van der Waals surface area contributed by atoms with Crippen molar-refractivity contribution in [2.75, 3.05) is 11.6 Å². The Morgan fingerprint density at radius 1 is 1.03 bits per heavy atom. The summed E-state index contributed by atoms with van der Waals surface area (Å²) in [6.07, 6.45) is -12.4. The first-order valence-corrected chi connectivity index (χ1v) is 9.61. The molecule has 33 heavy (non-hydrogen) atoms. The van der Waals surface area contributed by atoms with E-state index in [2.05, 4.69) is 10.3 Å². The van der Waals surface area contributed by atoms with Crippen LogP contribution in [0.1, 0.15) is 38.7 Å². The second-order valence-electron chi connectivity index (χ2n) is 7.45. The van der Waals surface area contributed by atoms with Crippen molar-refractivity contribution in [2.45, 2.75) is 37.9 Å². The Morgan fingerprint density at radius 3 is 2.06 bits per heavy atom. The number of hydrogen-bond acceptors (Lipinski definition) is 4. The molecule has 0 fully saturated rings. The fourth-order valence-corrected chi connectivity index (χ4v) is 3.89. The minimum atomic E-state index is -6.22. The van der Waals surface area contributed by atoms with Gasteiger partial charge in [0.25, 0.3) is 0 Å². The van der Waals surface area contributed by atoms with Crippen LogP contribution in [0, 0.1) is 13.8 Å². The van der Waals surface area contributed by atoms with Crippen LogP contribution in [0.4, 0.5) is 36.4 Å². The van der Waals surface area contributed by atoms with Gasteiger partial charge < -0.3 is 5.11 Å². The minimum absolute atomic E-state index is 0.00903. The Labute approximate surface area is 187 Å². The van der Waals surface area contributed by atoms with Crippen molar-refractivity contribution in [1.29, 1.82) is 0 Å². The van der Waals surface area contributed by atoms with E-state index in [-0.39, 0.29) is 33.8 Å². The molecule has 1 atom stereocenters. The summed E-state index contributed by atoms with van der Waals surface area (Å²) in [7, 11) is 0. The predicted octanol–water partition coefficient (Wildman–Crippen LogP) is 6.87. The van der Waals surface area contributed by atoms with Crippen molar-refractivity contribution < 1.29 is 40.6 Å². The molecule has 3 rings (SSSR count). The molecule has 5 nitrogen and oxygen atoms in total. The molecule has 178 valence electrons. The van der Waals surface area contributed by atoms with Crippen molar-refractivity contribution in [1.82, 2.24) is 0 Å². The molecule has 0 aromatic heterocycles. The Kier molecular flexibility index (Phi) is 6.12. The number of halogens is 8. The van der Waals surface area contributed by atoms with Crippen molar-refractivity contribution in [3.05, 3.63) is 63.2 Å². The molecule has 0 saturated carbocycles. The number of carboxylic acid groups (broad SMARTS) is 1. The van der Waals surface area contributed by atoms with Gasteiger partial charge in [-0.25, -0.2) is 14.2 Å². The highest BCUT2D eigenvalue weighted by Crippen LogP contribution is 2.54. The summed E-state index contributed by atoms with van der Waals surface area (Å²) >= 11 is 5.84. The first-order valence-electron chi connectivity index (χ1n) is 9.23. The standard InChI is InChI=1S/C20H15ClF7N3O2/c1-9-5-11(18(22,19(23,24)25)20(26,27)28)6-10(2)16(9)15-8-31(30-29-15)12-3-4-14(21)13(7-12)17(32)33/h3-7,15H,8H2,1-2H3,(H,32,33). The smallest absolute Gasteiger partial charge is 0.435 e. The van der Waals surface area contributed by atoms with E-state index >= 15 is 0 Å². The zero-order chi connectivity index (χ0) is 24.9. The van der Waals surface area contributed by atoms with Crippen LogP contribution < -0.4 is 5.01 Å². The van der Waals surface area contributed by atoms with Gasteiger partial charge in [-0.15, -0.1) is 0 Å². The lowest BCUT2D eigenvalue weighted by Crippen LogP contribution is -2.50. The number of aromatic carboxylic acids is 1. The molecule has 1 aliphatic heterocycles. The van der Waals surface area contributed by atoms with Gasteiger partial charge in [-0.05, 0) is 48.7 Å². The monoisotopic (exact) mass is 497 g/mol. The highest BCUT2D eigenvalue weighted by molar-refractivity contribution is 6.33. The van der Waals surface area contributed by atoms with Crippen LogP contribution in [-0.2, 0) is 5.67 Å². The highest BCUT2D eigenvalue weighted by atomic mass is 35.5. The van der Waals surface area contributed by atoms with Gasteiger partial charge in [-0.3, -0.25) is 0 Å². The lowest BCUT2D eigenvalue weighted by atomic mass is 9.87. The molecule has 1 heterocycles. The summed E-state index contributed by atoms with van der Waals surface area (Å²) in [4.78, 5) is 11.3. The van der Waals surface area contributed by atoms with Gasteiger partial charge >= 0.3 is 24.0 Å². The van der Waals surface area contributed by atoms with Crippen molar-refractivity contribution in [3.63, 3.8) is 0 Å². The Balaban J connectivity index is 1.96. The summed E-state index contributed by atoms with van der Waals surface area (Å²) in [6.45, 7) is 2.52. The normalized spacial score (nSPS) is 17.0. The van der Waals surface area contributed by atoms with Gasteiger partial charge in [0.2, 0.25) is 0 Å². The summed E-state index contributed by atoms with van der Waals surface area (Å²) in [5.74, 6) is -1.28. The molecule has 1 aliphatic rings. The average Bonchev–Trinajstić information content (AvgIpc) is 3.14. The molecule has 0 amide bonds. The first kappa shape index (κ1) is 24.7. The number of rotatable bonds is 4. The molecule has 2 aromatic carbocycles. The fourth-order valence-electron chi connectivity index (χ4n) is 3.69. The molecule has 2 aromatic rings. The van der Waals surface area contributed by atoms with E-state index in [1.54, 1.807) is 0 Å². The number of alkyl halides is 7. The number of hydrogen-bond donors (Lipinski definition) is 1. The van der Waals surface area contributed by atoms with E-state index in [0.717, 1.165) is 0 Å². The zero-order valence-electron chi connectivity index (χ0n) is 16.9. The van der Waals surface area contributed by atoms with E-state index in [0.29, 0.717) is 17.8 Å². The largest absolute Gasteiger partial charge is 0.478 e. The number of nitrogens with zero attached hydrogens (tertiary/aromatic N) is 3. The van der Waals surface area contributed by atoms with Gasteiger partial charge in [0, 0.05) is 5.56 Å². The van der Waals surface area contributed by atoms with Crippen LogP contribution in [0.3, 0.4) is 0 Å². The third kappa shape index (κ3) is 4.23. The van der Waals surface area contributed by atoms with Crippen molar-refractivity contribution in [3.8, 4) is 0 Å². The maximum absolute atomic E-state index is 14.5. The Morgan fingerprint density at radius 2 is 1.58 bits per heavy atom. The number of anilines is 1. The second-order valence-corrected chi connectivity index (χ2v) is 7.86. The lowest BCUT2D eigenvalue weighted by Gasteiger charge is -2.31. The maximum Gasteiger partial charge on any atom is 0.435 e. The van der Waals surface area contributed by atoms with Crippen LogP contribution in [0.5, 0.6) is 0 Å². The molecule has 0 bridgehead atoms. The lowest BCUT2D eigenvalue weighted by molar-refractivity contribution is -0.348. The highest BCUT2D eigenvalue weighted by Gasteiger charge is 2.73. The van der Waals surface area contributed by atoms with E-state index < -0.39 is 35.6 Å². The molecule has 0 radical (unpaired) electrons. The molecule has 1 N–H and O–H groups in total. The molecule has 0 aliphatic carbocycles. The third-order valence-electron chi connectivity index (χ3n) is 5.23. The van der Waals surface area contributed by atoms with Gasteiger partial charge in [0.1, 0.15) is 6.04 Å². The number of carboxylic acids is 1. The van der Waals surface area contributed by atoms with Gasteiger partial charge in [-0.2, -0.15) is 31.5 Å². The minimum Gasteiger partial charge on any atom is -0.478 e. The first-order chi connectivity index (χ1) is 15.1. The van der Waals surface area contributed by atoms with Gasteiger partial charge in [-0.1, -0.05) is 29.0 Å². The SMILES string of the molecule is Cc1cc(C(F)(C(F)(F)F)C(F)(F)F)cc(C)c1C1CN(c2ccc(Cl)c(C(=O)O)c2)N=N1. The quantitative estimate of drug-likeness (QED) is 0.469. The van der Waals surface area contributed by atoms with Crippen LogP contribution in [0.2, 0.25) is 5.02 Å². The molecule has 13 heteroatoms. The number of aryl methyl sites for hydroxylation is 2. The fraction of sp³-hybridized carbons (Fsp3) is 0.350. The summed E-state index contributed by atoms with van der Waals surface area (Å²) in [5, 5.41) is 18.4. The van der Waals surface area contributed by atoms with E-state index in [1.165, 1.54) is 37.1 Å². The molecular weight excluding hydrogens is 483 g/mol. The summed E-state index contributed by atoms with van der Waals surface area (Å²) in [5.41, 5.74) is -6.77. The topological polar surface area (TPSA) is 65.3 Å². The zero-order valence-corrected chi connectivity index (χ0v) is 17.6. The molecule has 1 unspecified atom stereocenters. The average molecular weight is 498 g/mol. The van der Waals surface area contributed by atoms with Gasteiger partial charge in [0.15, 0.2) is 0 Å². The van der Waals surface area contributed by atoms with E-state index in [4.69, 9.17) is 11.6 Å². The summed E-state index contributed by atoms with van der Waals surface area (Å²) in [6, 6.07) is 4.28. The van der Waals surface area contributed by atoms with Crippen LogP contribution in [0.15, 0.2) is 40.7 Å². The Hall–Kier alpha value is -2.89. The molecular formula is C20H15ClF7N3O2. The van der Waals surface area contributed by atoms with Gasteiger partial charge in [0.05, 0.1) is 22.8 Å². The maximum atomic E-state index is 14.5. The Bertz CT molecular complexity index is 1090. The van der Waals surface area contributed by atoms with E-state index in [1.807, 2.05) is 0 Å². The predicted molar refractivity (Wildman–Crippen MR) is 104 cm³/mol. The molecule has 0 spiro atoms. The number of benzene rings is 2.